The third-order valence-corrected chi connectivity index (χ3v) is 3.02. The molecule has 1 rings (SSSR count). The van der Waals surface area contributed by atoms with Crippen LogP contribution < -0.4 is 0 Å². The van der Waals surface area contributed by atoms with E-state index in [0.29, 0.717) is 19.4 Å². The highest BCUT2D eigenvalue weighted by Gasteiger charge is 2.13. The molecule has 86 valence electrons. The summed E-state index contributed by atoms with van der Waals surface area (Å²) in [5, 5.41) is 0. The van der Waals surface area contributed by atoms with E-state index in [1.807, 2.05) is 0 Å². The first-order chi connectivity index (χ1) is 6.86. The summed E-state index contributed by atoms with van der Waals surface area (Å²) in [5.74, 6) is 0.837. The number of hydrogen-bond acceptors (Lipinski definition) is 2. The van der Waals surface area contributed by atoms with Gasteiger partial charge in [-0.1, -0.05) is 32.1 Å². The fourth-order valence-electron chi connectivity index (χ4n) is 2.17. The molecule has 2 amide bonds. The van der Waals surface area contributed by atoms with E-state index < -0.39 is 0 Å². The Hall–Kier alpha value is -0.328. The summed E-state index contributed by atoms with van der Waals surface area (Å²) in [4.78, 5) is 21.8. The van der Waals surface area contributed by atoms with Crippen molar-refractivity contribution in [3.05, 3.63) is 0 Å². The number of amides is 2. The average Bonchev–Trinajstić information content (AvgIpc) is 2.26. The smallest absolute Gasteiger partial charge is 0.216 e. The van der Waals surface area contributed by atoms with E-state index in [1.165, 1.54) is 37.0 Å². The normalized spacial score (nSPS) is 16.5. The van der Waals surface area contributed by atoms with Gasteiger partial charge in [0.2, 0.25) is 12.8 Å². The number of carbonyl (C=O) groups excluding carboxylic acids is 2. The van der Waals surface area contributed by atoms with E-state index in [9.17, 15) is 9.59 Å². The van der Waals surface area contributed by atoms with Gasteiger partial charge in [-0.05, 0) is 18.8 Å². The van der Waals surface area contributed by atoms with Gasteiger partial charge in [0.1, 0.15) is 0 Å². The predicted octanol–water partition coefficient (Wildman–Crippen LogP) is 0.778. The van der Waals surface area contributed by atoms with Crippen LogP contribution in [-0.2, 0) is 9.59 Å². The molecule has 0 heterocycles. The molecule has 3 nitrogen and oxygen atoms in total. The fraction of sp³-hybridized carbons (Fsp3) is 0.818. The quantitative estimate of drug-likeness (QED) is 0.496. The third kappa shape index (κ3) is 5.96. The van der Waals surface area contributed by atoms with Gasteiger partial charge in [0, 0.05) is 6.54 Å². The van der Waals surface area contributed by atoms with Crippen molar-refractivity contribution in [3.63, 3.8) is 0 Å². The van der Waals surface area contributed by atoms with Gasteiger partial charge in [-0.3, -0.25) is 14.5 Å². The minimum Gasteiger partial charge on any atom is -0.288 e. The maximum Gasteiger partial charge on any atom is 0.216 e. The zero-order valence-corrected chi connectivity index (χ0v) is 8.65. The van der Waals surface area contributed by atoms with Crippen LogP contribution in [0, 0.1) is 5.92 Å². The molecule has 15 heavy (non-hydrogen) atoms. The van der Waals surface area contributed by atoms with Crippen molar-refractivity contribution >= 4 is 30.2 Å². The van der Waals surface area contributed by atoms with Crippen molar-refractivity contribution in [1.29, 1.82) is 0 Å². The Kier molecular flexibility index (Phi) is 8.74. The Labute approximate surface area is 102 Å². The number of hydrogen-bond donors (Lipinski definition) is 0. The minimum atomic E-state index is 0. The SMILES string of the molecule is O=CN(C=O)CCCC1CCCCC1.[AlH3]. The molecule has 0 aromatic heterocycles. The van der Waals surface area contributed by atoms with Gasteiger partial charge in [0.05, 0.1) is 0 Å². The lowest BCUT2D eigenvalue weighted by atomic mass is 9.86. The molecule has 0 aromatic rings. The molecular weight excluding hydrogens is 205 g/mol. The molecule has 0 saturated heterocycles. The monoisotopic (exact) mass is 227 g/mol. The summed E-state index contributed by atoms with van der Waals surface area (Å²) >= 11 is 0. The third-order valence-electron chi connectivity index (χ3n) is 3.02. The van der Waals surface area contributed by atoms with Crippen molar-refractivity contribution in [1.82, 2.24) is 4.90 Å². The molecule has 1 aliphatic rings. The second-order valence-corrected chi connectivity index (χ2v) is 4.09. The van der Waals surface area contributed by atoms with Crippen molar-refractivity contribution in [2.45, 2.75) is 44.9 Å². The molecule has 0 aliphatic heterocycles. The van der Waals surface area contributed by atoms with Crippen molar-refractivity contribution in [3.8, 4) is 0 Å². The van der Waals surface area contributed by atoms with Crippen LogP contribution in [0.3, 0.4) is 0 Å². The van der Waals surface area contributed by atoms with E-state index in [0.717, 1.165) is 18.8 Å². The number of rotatable bonds is 6. The van der Waals surface area contributed by atoms with Gasteiger partial charge in [0.15, 0.2) is 17.4 Å². The second kappa shape index (κ2) is 8.94. The summed E-state index contributed by atoms with van der Waals surface area (Å²) in [7, 11) is 0. The first-order valence-corrected chi connectivity index (χ1v) is 5.53. The van der Waals surface area contributed by atoms with Crippen molar-refractivity contribution in [2.75, 3.05) is 6.54 Å². The van der Waals surface area contributed by atoms with Crippen LogP contribution in [0.5, 0.6) is 0 Å². The molecule has 1 fully saturated rings. The van der Waals surface area contributed by atoms with Crippen LogP contribution >= 0.6 is 0 Å². The van der Waals surface area contributed by atoms with Crippen molar-refractivity contribution in [2.24, 2.45) is 5.92 Å². The van der Waals surface area contributed by atoms with Gasteiger partial charge in [-0.2, -0.15) is 0 Å². The van der Waals surface area contributed by atoms with E-state index in [2.05, 4.69) is 0 Å². The van der Waals surface area contributed by atoms with Crippen LogP contribution in [-0.4, -0.2) is 41.6 Å². The lowest BCUT2D eigenvalue weighted by Crippen LogP contribution is -2.21. The van der Waals surface area contributed by atoms with E-state index in [1.54, 1.807) is 0 Å². The standard InChI is InChI=1S/C11H19NO2.Al.3H/c13-9-12(10-14)8-4-7-11-5-2-1-3-6-11;;;;/h9-11H,1-8H2;;;;. The number of carbonyl (C=O) groups is 2. The largest absolute Gasteiger partial charge is 0.288 e. The zero-order chi connectivity index (χ0) is 10.2. The molecule has 4 heteroatoms. The first kappa shape index (κ1) is 14.7. The minimum absolute atomic E-state index is 0. The van der Waals surface area contributed by atoms with Crippen LogP contribution in [0.2, 0.25) is 0 Å². The Bertz CT molecular complexity index is 173. The Morgan fingerprint density at radius 1 is 1.07 bits per heavy atom. The molecule has 1 saturated carbocycles. The van der Waals surface area contributed by atoms with Crippen LogP contribution in [0.25, 0.3) is 0 Å². The number of imide groups is 1. The van der Waals surface area contributed by atoms with Crippen molar-refractivity contribution < 1.29 is 9.59 Å². The predicted molar refractivity (Wildman–Crippen MR) is 64.6 cm³/mol. The molecule has 0 bridgehead atoms. The van der Waals surface area contributed by atoms with Crippen LogP contribution in [0.1, 0.15) is 44.9 Å². The molecule has 0 aromatic carbocycles. The average molecular weight is 227 g/mol. The highest BCUT2D eigenvalue weighted by Crippen LogP contribution is 2.27. The maximum atomic E-state index is 10.3. The molecule has 0 radical (unpaired) electrons. The molecule has 0 spiro atoms. The first-order valence-electron chi connectivity index (χ1n) is 5.53. The summed E-state index contributed by atoms with van der Waals surface area (Å²) in [6.07, 6.45) is 10.1. The number of nitrogens with zero attached hydrogens (tertiary/aromatic N) is 1. The molecule has 0 unspecified atom stereocenters. The molecular formula is C11H22AlNO2. The fourth-order valence-corrected chi connectivity index (χ4v) is 2.17. The highest BCUT2D eigenvalue weighted by atomic mass is 27.0. The zero-order valence-electron chi connectivity index (χ0n) is 8.65. The Morgan fingerprint density at radius 3 is 2.20 bits per heavy atom. The van der Waals surface area contributed by atoms with E-state index >= 15 is 0 Å². The summed E-state index contributed by atoms with van der Waals surface area (Å²) in [6.45, 7) is 0.587. The van der Waals surface area contributed by atoms with Gasteiger partial charge >= 0.3 is 0 Å². The molecule has 0 atom stereocenters. The maximum absolute atomic E-state index is 10.3. The summed E-state index contributed by atoms with van der Waals surface area (Å²) in [6, 6.07) is 0. The molecule has 0 N–H and O–H groups in total. The summed E-state index contributed by atoms with van der Waals surface area (Å²) in [5.41, 5.74) is 0. The lowest BCUT2D eigenvalue weighted by Gasteiger charge is -2.21. The molecule has 1 aliphatic carbocycles. The highest BCUT2D eigenvalue weighted by molar-refractivity contribution is 5.75. The topological polar surface area (TPSA) is 37.4 Å². The van der Waals surface area contributed by atoms with E-state index in [4.69, 9.17) is 0 Å². The van der Waals surface area contributed by atoms with Crippen LogP contribution in [0.15, 0.2) is 0 Å². The second-order valence-electron chi connectivity index (χ2n) is 4.09. The van der Waals surface area contributed by atoms with Gasteiger partial charge < -0.3 is 0 Å². The van der Waals surface area contributed by atoms with Gasteiger partial charge in [-0.15, -0.1) is 0 Å². The Morgan fingerprint density at radius 2 is 1.67 bits per heavy atom. The van der Waals surface area contributed by atoms with E-state index in [-0.39, 0.29) is 17.4 Å². The van der Waals surface area contributed by atoms with Crippen LogP contribution in [0.4, 0.5) is 0 Å². The lowest BCUT2D eigenvalue weighted by molar-refractivity contribution is -0.129. The van der Waals surface area contributed by atoms with Gasteiger partial charge in [-0.25, -0.2) is 0 Å². The van der Waals surface area contributed by atoms with Gasteiger partial charge in [0.25, 0.3) is 0 Å². The Balaban J connectivity index is 0.00000196. The summed E-state index contributed by atoms with van der Waals surface area (Å²) < 4.78 is 0.